The first kappa shape index (κ1) is 64.3. The zero-order valence-corrected chi connectivity index (χ0v) is 44.4. The van der Waals surface area contributed by atoms with Gasteiger partial charge in [0.1, 0.15) is 61.9 Å². The van der Waals surface area contributed by atoms with Gasteiger partial charge in [-0.05, 0) is 20.8 Å². The largest absolute Gasteiger partial charge is 0.465 e. The van der Waals surface area contributed by atoms with Gasteiger partial charge in [0.25, 0.3) is 5.79 Å². The molecule has 0 aliphatic carbocycles. The fourth-order valence-electron chi connectivity index (χ4n) is 8.55. The Kier molecular flexibility index (Phi) is 22.7. The number of hydrogen-bond acceptors (Lipinski definition) is 28. The third-order valence-electron chi connectivity index (χ3n) is 11.5. The van der Waals surface area contributed by atoms with Gasteiger partial charge in [0.15, 0.2) is 30.7 Å². The van der Waals surface area contributed by atoms with Gasteiger partial charge in [0.05, 0.1) is 25.6 Å². The van der Waals surface area contributed by atoms with Crippen LogP contribution in [0.1, 0.15) is 89.5 Å². The number of nitrogens with one attached hydrogen (secondary N) is 1. The van der Waals surface area contributed by atoms with Crippen molar-refractivity contribution in [2.45, 2.75) is 187 Å². The summed E-state index contributed by atoms with van der Waals surface area (Å²) >= 11 is 0. The minimum Gasteiger partial charge on any atom is -0.465 e. The molecule has 16 atom stereocenters. The van der Waals surface area contributed by atoms with E-state index in [9.17, 15) is 68.1 Å². The summed E-state index contributed by atoms with van der Waals surface area (Å²) in [4.78, 5) is 146. The van der Waals surface area contributed by atoms with Crippen LogP contribution in [0.5, 0.6) is 0 Å². The van der Waals surface area contributed by atoms with Crippen LogP contribution in [0, 0.1) is 5.41 Å². The van der Waals surface area contributed by atoms with E-state index < -0.39 is 194 Å². The first-order valence-electron chi connectivity index (χ1n) is 23.4. The molecule has 3 saturated heterocycles. The topological polar surface area (TPSA) is 393 Å². The van der Waals surface area contributed by atoms with Crippen molar-refractivity contribution in [2.75, 3.05) is 34.0 Å². The molecule has 0 radical (unpaired) electrons. The highest BCUT2D eigenvalue weighted by molar-refractivity contribution is 5.93. The average Bonchev–Trinajstić information content (AvgIpc) is 3.29. The summed E-state index contributed by atoms with van der Waals surface area (Å²) in [5, 5.41) is 36.7. The van der Waals surface area contributed by atoms with Gasteiger partial charge < -0.3 is 87.0 Å². The number of aliphatic hydroxyl groups is 3. The van der Waals surface area contributed by atoms with E-state index >= 15 is 0 Å². The van der Waals surface area contributed by atoms with Crippen LogP contribution in [0.2, 0.25) is 0 Å². The standard InChI is InChI=1S/C46H68N2O28/c1-19(50)47-38-41(63-13)72-29(16-49)39(59)46(38,62)76-40-37(71-27(9)58)36(34(70-26(8)57)31(73-40)18-66-42(60)44(10,11)12)75-45(43(61)64-14)15-28(67-23(5)54)32(48(20(2)51)21(3)52)35(74-45)33(69-25(7)56)30(68-24(6)55)17-65-22(4)53/h28-41,49,59,62H,15-18H2,1-14H3,(H,47,50)/t28-,29-,30+,31+,32+,33+,34-,35+,36-,37+,38+,39+,40-,41+,45-,46+/m0/s1. The molecule has 3 fully saturated rings. The zero-order chi connectivity index (χ0) is 57.9. The number of imide groups is 1. The fraction of sp³-hybridized carbons (Fsp3) is 0.761. The Bertz CT molecular complexity index is 2150. The maximum atomic E-state index is 14.8. The van der Waals surface area contributed by atoms with Crippen LogP contribution in [-0.4, -0.2) is 217 Å². The molecule has 430 valence electrons. The van der Waals surface area contributed by atoms with E-state index in [1.807, 2.05) is 0 Å². The van der Waals surface area contributed by atoms with E-state index in [-0.39, 0.29) is 0 Å². The second-order valence-electron chi connectivity index (χ2n) is 18.7. The van der Waals surface area contributed by atoms with Crippen molar-refractivity contribution in [2.24, 2.45) is 5.41 Å². The number of carbonyl (C=O) groups is 11. The Hall–Kier alpha value is -5.99. The van der Waals surface area contributed by atoms with Gasteiger partial charge >= 0.3 is 47.8 Å². The zero-order valence-electron chi connectivity index (χ0n) is 44.4. The van der Waals surface area contributed by atoms with Crippen LogP contribution in [0.4, 0.5) is 0 Å². The van der Waals surface area contributed by atoms with E-state index in [0.29, 0.717) is 4.90 Å². The third kappa shape index (κ3) is 16.0. The molecule has 0 aromatic rings. The van der Waals surface area contributed by atoms with Crippen LogP contribution in [0.25, 0.3) is 0 Å². The number of hydrogen-bond donors (Lipinski definition) is 4. The van der Waals surface area contributed by atoms with Crippen molar-refractivity contribution < 1.29 is 134 Å². The lowest BCUT2D eigenvalue weighted by Gasteiger charge is -2.54. The van der Waals surface area contributed by atoms with Crippen molar-refractivity contribution in [3.63, 3.8) is 0 Å². The summed E-state index contributed by atoms with van der Waals surface area (Å²) in [6.07, 6.45) is -26.9. The molecule has 3 heterocycles. The van der Waals surface area contributed by atoms with E-state index in [1.54, 1.807) is 0 Å². The van der Waals surface area contributed by atoms with E-state index in [4.69, 9.17) is 66.3 Å². The van der Waals surface area contributed by atoms with Crippen LogP contribution >= 0.6 is 0 Å². The van der Waals surface area contributed by atoms with Gasteiger partial charge in [-0.2, -0.15) is 0 Å². The number of esters is 8. The highest BCUT2D eigenvalue weighted by Crippen LogP contribution is 2.44. The average molecular weight is 1100 g/mol. The molecule has 30 nitrogen and oxygen atoms in total. The number of methoxy groups -OCH3 is 2. The lowest BCUT2D eigenvalue weighted by atomic mass is 9.86. The second-order valence-corrected chi connectivity index (χ2v) is 18.7. The van der Waals surface area contributed by atoms with Crippen LogP contribution in [0.3, 0.4) is 0 Å². The molecule has 3 rings (SSSR count). The molecule has 4 N–H and O–H groups in total. The summed E-state index contributed by atoms with van der Waals surface area (Å²) in [6, 6.07) is -3.99. The minimum atomic E-state index is -3.29. The van der Waals surface area contributed by atoms with E-state index in [1.165, 1.54) is 20.8 Å². The smallest absolute Gasteiger partial charge is 0.366 e. The van der Waals surface area contributed by atoms with Gasteiger partial charge in [-0.1, -0.05) is 0 Å². The number of rotatable bonds is 20. The highest BCUT2D eigenvalue weighted by atomic mass is 16.8. The lowest BCUT2D eigenvalue weighted by molar-refractivity contribution is -0.430. The number of carbonyl (C=O) groups excluding carboxylic acids is 11. The predicted octanol–water partition coefficient (Wildman–Crippen LogP) is -2.74. The molecule has 0 saturated carbocycles. The Labute approximate surface area is 435 Å². The van der Waals surface area contributed by atoms with Crippen LogP contribution in [-0.2, 0) is 119 Å². The molecule has 30 heteroatoms. The van der Waals surface area contributed by atoms with Crippen molar-refractivity contribution >= 4 is 65.5 Å². The second kappa shape index (κ2) is 26.9. The molecule has 0 aromatic heterocycles. The first-order chi connectivity index (χ1) is 35.2. The first-order valence-corrected chi connectivity index (χ1v) is 23.4. The van der Waals surface area contributed by atoms with Gasteiger partial charge in [0.2, 0.25) is 29.8 Å². The molecular formula is C46H68N2O28. The summed E-state index contributed by atoms with van der Waals surface area (Å²) in [5.74, 6) is -19.0. The van der Waals surface area contributed by atoms with Gasteiger partial charge in [-0.15, -0.1) is 0 Å². The molecule has 0 spiro atoms. The van der Waals surface area contributed by atoms with Gasteiger partial charge in [-0.25, -0.2) is 4.79 Å². The maximum absolute atomic E-state index is 14.8. The number of amides is 3. The Balaban J connectivity index is 2.61. The summed E-state index contributed by atoms with van der Waals surface area (Å²) in [6.45, 7) is 9.51. The van der Waals surface area contributed by atoms with Crippen molar-refractivity contribution in [3.8, 4) is 0 Å². The Morgan fingerprint density at radius 1 is 0.697 bits per heavy atom. The fourth-order valence-corrected chi connectivity index (χ4v) is 8.55. The van der Waals surface area contributed by atoms with Crippen molar-refractivity contribution in [1.29, 1.82) is 0 Å². The third-order valence-corrected chi connectivity index (χ3v) is 11.5. The van der Waals surface area contributed by atoms with Crippen LogP contribution < -0.4 is 5.32 Å². The van der Waals surface area contributed by atoms with Crippen LogP contribution in [0.15, 0.2) is 0 Å². The monoisotopic (exact) mass is 1100 g/mol. The molecule has 0 aromatic carbocycles. The molecule has 0 bridgehead atoms. The summed E-state index contributed by atoms with van der Waals surface area (Å²) in [7, 11) is 1.84. The lowest BCUT2D eigenvalue weighted by Crippen LogP contribution is -2.75. The molecule has 76 heavy (non-hydrogen) atoms. The van der Waals surface area contributed by atoms with Crippen molar-refractivity contribution in [3.05, 3.63) is 0 Å². The Morgan fingerprint density at radius 2 is 1.25 bits per heavy atom. The molecule has 3 aliphatic rings. The number of nitrogens with zero attached hydrogens (tertiary/aromatic N) is 1. The Morgan fingerprint density at radius 3 is 1.71 bits per heavy atom. The van der Waals surface area contributed by atoms with Gasteiger partial charge in [-0.3, -0.25) is 52.8 Å². The number of ether oxygens (including phenoxy) is 14. The minimum absolute atomic E-state index is 0.478. The normalized spacial score (nSPS) is 31.1. The molecule has 3 aliphatic heterocycles. The summed E-state index contributed by atoms with van der Waals surface area (Å²) < 4.78 is 80.4. The molecular weight excluding hydrogens is 1030 g/mol. The number of aliphatic hydroxyl groups excluding tert-OH is 2. The van der Waals surface area contributed by atoms with Crippen molar-refractivity contribution in [1.82, 2.24) is 10.2 Å². The van der Waals surface area contributed by atoms with E-state index in [0.717, 1.165) is 76.5 Å². The predicted molar refractivity (Wildman–Crippen MR) is 242 cm³/mol. The SMILES string of the molecule is COC(=O)[C@@]1(O[C@H]2[C@@H](OC(C)=O)[C@@H](COC(=O)C(C)(C)C)O[C@@H](O[C@@]3(O)[C@H](O)[C@H](CO)O[C@@H](OC)[C@H]3NC(C)=O)[C@@H]2OC(C)=O)C[C@H](OC(C)=O)[C@@H](N(C(C)=O)C(C)=O)[C@H]([C@H](OC(C)=O)[C@@H](COC(C)=O)OC(C)=O)O1. The van der Waals surface area contributed by atoms with E-state index in [2.05, 4.69) is 5.32 Å². The summed E-state index contributed by atoms with van der Waals surface area (Å²) in [5.41, 5.74) is -1.23. The molecule has 3 amide bonds. The highest BCUT2D eigenvalue weighted by Gasteiger charge is 2.66. The maximum Gasteiger partial charge on any atom is 0.366 e. The van der Waals surface area contributed by atoms with Gasteiger partial charge in [0, 0.05) is 69.4 Å². The molecule has 0 unspecified atom stereocenters. The quantitative estimate of drug-likeness (QED) is 0.0546.